The number of unbranched alkanes of at least 4 members (excludes halogenated alkanes) is 1. The number of alkyl halides is 3. The van der Waals surface area contributed by atoms with Crippen molar-refractivity contribution >= 4 is 5.91 Å². The molecule has 1 heterocycles. The summed E-state index contributed by atoms with van der Waals surface area (Å²) in [5.74, 6) is -0.0548. The minimum absolute atomic E-state index is 0.412. The molecular formula is C22H29F3N2O. The summed E-state index contributed by atoms with van der Waals surface area (Å²) in [6, 6.07) is 4.99. The van der Waals surface area contributed by atoms with Crippen LogP contribution in [0.1, 0.15) is 67.3 Å². The third-order valence-electron chi connectivity index (χ3n) is 5.08. The Morgan fingerprint density at radius 1 is 1.18 bits per heavy atom. The van der Waals surface area contributed by atoms with E-state index in [0.29, 0.717) is 22.6 Å². The van der Waals surface area contributed by atoms with E-state index >= 15 is 0 Å². The molecule has 2 aromatic rings. The Balaban J connectivity index is 2.65. The number of primary amides is 1. The number of benzene rings is 1. The minimum Gasteiger partial charge on any atom is -0.366 e. The highest BCUT2D eigenvalue weighted by Gasteiger charge is 2.31. The predicted molar refractivity (Wildman–Crippen MR) is 106 cm³/mol. The highest BCUT2D eigenvalue weighted by atomic mass is 19.4. The van der Waals surface area contributed by atoms with Gasteiger partial charge in [0.05, 0.1) is 11.1 Å². The molecule has 0 radical (unpaired) electrons. The number of nitrogens with two attached hydrogens (primary N) is 1. The summed E-state index contributed by atoms with van der Waals surface area (Å²) in [6.45, 7) is 8.97. The van der Waals surface area contributed by atoms with Gasteiger partial charge in [-0.1, -0.05) is 39.3 Å². The van der Waals surface area contributed by atoms with Gasteiger partial charge < -0.3 is 10.3 Å². The lowest BCUT2D eigenvalue weighted by atomic mass is 9.96. The number of hydrogen-bond acceptors (Lipinski definition) is 1. The average molecular weight is 394 g/mol. The number of hydrogen-bond donors (Lipinski definition) is 1. The van der Waals surface area contributed by atoms with Crippen molar-refractivity contribution in [2.45, 2.75) is 66.1 Å². The van der Waals surface area contributed by atoms with Crippen molar-refractivity contribution in [2.75, 3.05) is 0 Å². The molecule has 0 aliphatic heterocycles. The van der Waals surface area contributed by atoms with E-state index in [9.17, 15) is 18.0 Å². The predicted octanol–water partition coefficient (Wildman–Crippen LogP) is 5.97. The number of aromatic nitrogens is 1. The van der Waals surface area contributed by atoms with Crippen molar-refractivity contribution in [3.63, 3.8) is 0 Å². The van der Waals surface area contributed by atoms with E-state index in [4.69, 9.17) is 5.73 Å². The monoisotopic (exact) mass is 394 g/mol. The third kappa shape index (κ3) is 4.78. The molecule has 28 heavy (non-hydrogen) atoms. The molecule has 0 unspecified atom stereocenters. The molecule has 0 atom stereocenters. The van der Waals surface area contributed by atoms with Crippen LogP contribution in [0.3, 0.4) is 0 Å². The zero-order valence-electron chi connectivity index (χ0n) is 17.0. The van der Waals surface area contributed by atoms with Crippen LogP contribution in [0.5, 0.6) is 0 Å². The topological polar surface area (TPSA) is 48.0 Å². The molecule has 0 spiro atoms. The summed E-state index contributed by atoms with van der Waals surface area (Å²) in [7, 11) is 0. The first-order chi connectivity index (χ1) is 13.1. The maximum Gasteiger partial charge on any atom is 0.416 e. The lowest BCUT2D eigenvalue weighted by molar-refractivity contribution is -0.137. The highest BCUT2D eigenvalue weighted by molar-refractivity contribution is 6.02. The van der Waals surface area contributed by atoms with E-state index in [1.165, 1.54) is 12.1 Å². The molecule has 1 aromatic carbocycles. The van der Waals surface area contributed by atoms with Crippen LogP contribution in [0.4, 0.5) is 13.2 Å². The van der Waals surface area contributed by atoms with Gasteiger partial charge in [0, 0.05) is 23.5 Å². The van der Waals surface area contributed by atoms with Crippen LogP contribution < -0.4 is 5.73 Å². The van der Waals surface area contributed by atoms with Crippen LogP contribution in [0, 0.1) is 12.8 Å². The molecule has 0 saturated heterocycles. The summed E-state index contributed by atoms with van der Waals surface area (Å²) in [6.07, 6.45) is -0.794. The van der Waals surface area contributed by atoms with E-state index in [2.05, 4.69) is 25.3 Å². The van der Waals surface area contributed by atoms with Crippen molar-refractivity contribution in [1.29, 1.82) is 0 Å². The zero-order chi connectivity index (χ0) is 21.1. The van der Waals surface area contributed by atoms with Crippen LogP contribution in [-0.2, 0) is 19.1 Å². The van der Waals surface area contributed by atoms with Crippen LogP contribution >= 0.6 is 0 Å². The first-order valence-electron chi connectivity index (χ1n) is 9.77. The molecule has 1 aromatic heterocycles. The lowest BCUT2D eigenvalue weighted by Crippen LogP contribution is -2.14. The summed E-state index contributed by atoms with van der Waals surface area (Å²) < 4.78 is 41.0. The van der Waals surface area contributed by atoms with Gasteiger partial charge in [-0.25, -0.2) is 0 Å². The quantitative estimate of drug-likeness (QED) is 0.589. The SMILES string of the molecule is CCCCc1c(-c2ccc(C(F)(F)F)cc2)c(C(N)=O)c(C)n1CCC(C)C. The normalized spacial score (nSPS) is 12.0. The van der Waals surface area contributed by atoms with Crippen molar-refractivity contribution in [2.24, 2.45) is 11.7 Å². The molecule has 2 N–H and O–H groups in total. The van der Waals surface area contributed by atoms with Crippen LogP contribution in [0.15, 0.2) is 24.3 Å². The van der Waals surface area contributed by atoms with Gasteiger partial charge >= 0.3 is 6.18 Å². The Bertz CT molecular complexity index is 818. The second kappa shape index (κ2) is 8.84. The van der Waals surface area contributed by atoms with E-state index in [1.54, 1.807) is 0 Å². The number of nitrogens with zero attached hydrogens (tertiary/aromatic N) is 1. The maximum atomic E-state index is 12.9. The van der Waals surface area contributed by atoms with E-state index in [1.807, 2.05) is 6.92 Å². The average Bonchev–Trinajstić information content (AvgIpc) is 2.89. The van der Waals surface area contributed by atoms with E-state index in [-0.39, 0.29) is 0 Å². The van der Waals surface area contributed by atoms with Crippen LogP contribution in [0.25, 0.3) is 11.1 Å². The second-order valence-corrected chi connectivity index (χ2v) is 7.66. The van der Waals surface area contributed by atoms with Gasteiger partial charge in [-0.3, -0.25) is 4.79 Å². The molecule has 0 saturated carbocycles. The summed E-state index contributed by atoms with van der Waals surface area (Å²) in [5, 5.41) is 0. The van der Waals surface area contributed by atoms with Gasteiger partial charge in [0.2, 0.25) is 0 Å². The van der Waals surface area contributed by atoms with Crippen molar-refractivity contribution in [3.05, 3.63) is 46.8 Å². The molecule has 1 amide bonds. The van der Waals surface area contributed by atoms with E-state index < -0.39 is 17.6 Å². The molecule has 0 aliphatic carbocycles. The number of carbonyl (C=O) groups is 1. The second-order valence-electron chi connectivity index (χ2n) is 7.66. The Morgan fingerprint density at radius 2 is 1.79 bits per heavy atom. The fraction of sp³-hybridized carbons (Fsp3) is 0.500. The number of carbonyl (C=O) groups excluding carboxylic acids is 1. The Kier molecular flexibility index (Phi) is 6.96. The Labute approximate surface area is 164 Å². The molecule has 154 valence electrons. The summed E-state index contributed by atoms with van der Waals surface area (Å²) in [5.41, 5.74) is 8.43. The fourth-order valence-electron chi connectivity index (χ4n) is 3.53. The molecule has 0 fully saturated rings. The van der Waals surface area contributed by atoms with Crippen LogP contribution in [-0.4, -0.2) is 10.5 Å². The van der Waals surface area contributed by atoms with Crippen molar-refractivity contribution in [1.82, 2.24) is 4.57 Å². The number of amides is 1. The van der Waals surface area contributed by atoms with Gasteiger partial charge in [0.15, 0.2) is 0 Å². The van der Waals surface area contributed by atoms with Gasteiger partial charge in [0.25, 0.3) is 5.91 Å². The first kappa shape index (κ1) is 22.1. The molecular weight excluding hydrogens is 365 g/mol. The molecule has 2 rings (SSSR count). The molecule has 6 heteroatoms. The smallest absolute Gasteiger partial charge is 0.366 e. The Morgan fingerprint density at radius 3 is 2.25 bits per heavy atom. The fourth-order valence-corrected chi connectivity index (χ4v) is 3.53. The van der Waals surface area contributed by atoms with Gasteiger partial charge in [0.1, 0.15) is 0 Å². The largest absolute Gasteiger partial charge is 0.416 e. The Hall–Kier alpha value is -2.24. The number of halogens is 3. The summed E-state index contributed by atoms with van der Waals surface area (Å²) >= 11 is 0. The van der Waals surface area contributed by atoms with E-state index in [0.717, 1.165) is 55.7 Å². The van der Waals surface area contributed by atoms with Gasteiger partial charge in [-0.15, -0.1) is 0 Å². The van der Waals surface area contributed by atoms with Crippen molar-refractivity contribution in [3.8, 4) is 11.1 Å². The third-order valence-corrected chi connectivity index (χ3v) is 5.08. The molecule has 0 bridgehead atoms. The van der Waals surface area contributed by atoms with Gasteiger partial charge in [-0.2, -0.15) is 13.2 Å². The highest BCUT2D eigenvalue weighted by Crippen LogP contribution is 2.36. The molecule has 0 aliphatic rings. The maximum absolute atomic E-state index is 12.9. The standard InChI is InChI=1S/C22H29F3N2O/c1-5-6-7-18-20(16-8-10-17(11-9-16)22(23,24)25)19(21(26)28)15(4)27(18)13-12-14(2)3/h8-11,14H,5-7,12-13H2,1-4H3,(H2,26,28). The van der Waals surface area contributed by atoms with Gasteiger partial charge in [-0.05, 0) is 49.8 Å². The summed E-state index contributed by atoms with van der Waals surface area (Å²) in [4.78, 5) is 12.2. The zero-order valence-corrected chi connectivity index (χ0v) is 17.0. The molecule has 3 nitrogen and oxygen atoms in total. The van der Waals surface area contributed by atoms with Crippen LogP contribution in [0.2, 0.25) is 0 Å². The van der Waals surface area contributed by atoms with Crippen molar-refractivity contribution < 1.29 is 18.0 Å². The minimum atomic E-state index is -4.39. The first-order valence-corrected chi connectivity index (χ1v) is 9.77. The lowest BCUT2D eigenvalue weighted by Gasteiger charge is -2.15. The number of rotatable bonds is 8.